The summed E-state index contributed by atoms with van der Waals surface area (Å²) in [6.45, 7) is 1.56. The SMILES string of the molecule is COCCOc1cc2[nH]nc(-c3cc(-c4ccc(N5CCS(=O)(=O)CC5)cc4)no3)c2cc1F. The van der Waals surface area contributed by atoms with E-state index in [-0.39, 0.29) is 23.9 Å². The molecule has 3 heterocycles. The molecule has 1 aliphatic rings. The van der Waals surface area contributed by atoms with Gasteiger partial charge in [0, 0.05) is 49.0 Å². The molecule has 11 heteroatoms. The molecule has 0 saturated carbocycles. The number of nitrogens with zero attached hydrogens (tertiary/aromatic N) is 3. The van der Waals surface area contributed by atoms with Crippen LogP contribution in [-0.4, -0.2) is 68.7 Å². The molecule has 0 unspecified atom stereocenters. The van der Waals surface area contributed by atoms with E-state index >= 15 is 0 Å². The summed E-state index contributed by atoms with van der Waals surface area (Å²) >= 11 is 0. The molecule has 0 aliphatic carbocycles. The number of rotatable bonds is 7. The van der Waals surface area contributed by atoms with Crippen LogP contribution >= 0.6 is 0 Å². The lowest BCUT2D eigenvalue weighted by molar-refractivity contribution is 0.144. The number of ether oxygens (including phenoxy) is 2. The average Bonchev–Trinajstić information content (AvgIpc) is 3.46. The Morgan fingerprint density at radius 2 is 1.88 bits per heavy atom. The second-order valence-corrected chi connectivity index (χ2v) is 10.3. The van der Waals surface area contributed by atoms with Crippen LogP contribution in [0.25, 0.3) is 33.6 Å². The van der Waals surface area contributed by atoms with E-state index in [9.17, 15) is 12.8 Å². The summed E-state index contributed by atoms with van der Waals surface area (Å²) in [5.41, 5.74) is 3.46. The lowest BCUT2D eigenvalue weighted by atomic mass is 10.1. The molecular formula is C23H23FN4O5S. The van der Waals surface area contributed by atoms with Crippen molar-refractivity contribution in [2.45, 2.75) is 0 Å². The summed E-state index contributed by atoms with van der Waals surface area (Å²) in [6, 6.07) is 12.3. The molecule has 0 spiro atoms. The first-order valence-corrected chi connectivity index (χ1v) is 12.6. The lowest BCUT2D eigenvalue weighted by Gasteiger charge is -2.28. The van der Waals surface area contributed by atoms with Gasteiger partial charge in [0.25, 0.3) is 0 Å². The number of hydrogen-bond donors (Lipinski definition) is 1. The summed E-state index contributed by atoms with van der Waals surface area (Å²) < 4.78 is 53.7. The Morgan fingerprint density at radius 3 is 2.62 bits per heavy atom. The Labute approximate surface area is 195 Å². The highest BCUT2D eigenvalue weighted by atomic mass is 32.2. The fourth-order valence-electron chi connectivity index (χ4n) is 3.89. The van der Waals surface area contributed by atoms with Crippen LogP contribution in [0.5, 0.6) is 5.75 Å². The number of nitrogens with one attached hydrogen (secondary N) is 1. The zero-order valence-electron chi connectivity index (χ0n) is 18.5. The van der Waals surface area contributed by atoms with E-state index in [0.717, 1.165) is 11.3 Å². The van der Waals surface area contributed by atoms with Crippen LogP contribution in [0.4, 0.5) is 10.1 Å². The van der Waals surface area contributed by atoms with Gasteiger partial charge in [-0.05, 0) is 18.2 Å². The normalized spacial score (nSPS) is 15.6. The number of aromatic amines is 1. The molecule has 1 aliphatic heterocycles. The van der Waals surface area contributed by atoms with E-state index in [1.54, 1.807) is 19.2 Å². The molecular weight excluding hydrogens is 463 g/mol. The smallest absolute Gasteiger partial charge is 0.188 e. The van der Waals surface area contributed by atoms with Gasteiger partial charge >= 0.3 is 0 Å². The van der Waals surface area contributed by atoms with Gasteiger partial charge in [-0.3, -0.25) is 5.10 Å². The third kappa shape index (κ3) is 4.48. The molecule has 178 valence electrons. The first kappa shape index (κ1) is 22.4. The minimum atomic E-state index is -2.93. The van der Waals surface area contributed by atoms with Crippen molar-refractivity contribution < 1.29 is 26.8 Å². The fraction of sp³-hybridized carbons (Fsp3) is 0.304. The van der Waals surface area contributed by atoms with Crippen molar-refractivity contribution >= 4 is 26.4 Å². The van der Waals surface area contributed by atoms with E-state index in [0.29, 0.717) is 47.7 Å². The second kappa shape index (κ2) is 9.07. The van der Waals surface area contributed by atoms with Crippen LogP contribution in [0.1, 0.15) is 0 Å². The van der Waals surface area contributed by atoms with Crippen LogP contribution in [0.3, 0.4) is 0 Å². The van der Waals surface area contributed by atoms with Gasteiger partial charge in [-0.1, -0.05) is 17.3 Å². The quantitative estimate of drug-likeness (QED) is 0.396. The number of fused-ring (bicyclic) bond motifs is 1. The molecule has 9 nitrogen and oxygen atoms in total. The van der Waals surface area contributed by atoms with Gasteiger partial charge in [0.2, 0.25) is 0 Å². The minimum absolute atomic E-state index is 0.115. The van der Waals surface area contributed by atoms with Gasteiger partial charge in [-0.2, -0.15) is 5.10 Å². The lowest BCUT2D eigenvalue weighted by Crippen LogP contribution is -2.40. The van der Waals surface area contributed by atoms with E-state index in [1.165, 1.54) is 6.07 Å². The molecule has 5 rings (SSSR count). The van der Waals surface area contributed by atoms with Crippen LogP contribution in [0, 0.1) is 5.82 Å². The predicted octanol–water partition coefficient (Wildman–Crippen LogP) is 3.28. The van der Waals surface area contributed by atoms with Gasteiger partial charge in [0.05, 0.1) is 23.6 Å². The Morgan fingerprint density at radius 1 is 1.12 bits per heavy atom. The van der Waals surface area contributed by atoms with E-state index < -0.39 is 15.7 Å². The Balaban J connectivity index is 1.35. The summed E-state index contributed by atoms with van der Waals surface area (Å²) in [4.78, 5) is 2.05. The number of benzene rings is 2. The Bertz CT molecular complexity index is 1400. The largest absolute Gasteiger partial charge is 0.488 e. The third-order valence-corrected chi connectivity index (χ3v) is 7.39. The van der Waals surface area contributed by atoms with E-state index in [1.807, 2.05) is 24.3 Å². The van der Waals surface area contributed by atoms with Crippen molar-refractivity contribution in [3.63, 3.8) is 0 Å². The topological polar surface area (TPSA) is 111 Å². The maximum atomic E-state index is 14.5. The molecule has 0 amide bonds. The average molecular weight is 487 g/mol. The monoisotopic (exact) mass is 486 g/mol. The Kier molecular flexibility index (Phi) is 5.96. The zero-order valence-corrected chi connectivity index (χ0v) is 19.3. The molecule has 34 heavy (non-hydrogen) atoms. The first-order chi connectivity index (χ1) is 16.4. The molecule has 0 bridgehead atoms. The summed E-state index contributed by atoms with van der Waals surface area (Å²) in [6.07, 6.45) is 0. The van der Waals surface area contributed by atoms with Crippen molar-refractivity contribution in [3.8, 4) is 28.5 Å². The maximum absolute atomic E-state index is 14.5. The number of anilines is 1. The van der Waals surface area contributed by atoms with Crippen LogP contribution in [0.2, 0.25) is 0 Å². The van der Waals surface area contributed by atoms with E-state index in [2.05, 4.69) is 20.3 Å². The molecule has 1 saturated heterocycles. The Hall–Kier alpha value is -3.44. The molecule has 0 atom stereocenters. The van der Waals surface area contributed by atoms with Crippen LogP contribution in [-0.2, 0) is 14.6 Å². The van der Waals surface area contributed by atoms with Crippen molar-refractivity contribution in [3.05, 3.63) is 48.3 Å². The van der Waals surface area contributed by atoms with Gasteiger partial charge < -0.3 is 18.9 Å². The van der Waals surface area contributed by atoms with Gasteiger partial charge in [0.15, 0.2) is 27.2 Å². The molecule has 1 fully saturated rings. The van der Waals surface area contributed by atoms with Crippen LogP contribution < -0.4 is 9.64 Å². The first-order valence-electron chi connectivity index (χ1n) is 10.8. The highest BCUT2D eigenvalue weighted by Crippen LogP contribution is 2.33. The van der Waals surface area contributed by atoms with Crippen molar-refractivity contribution in [1.82, 2.24) is 15.4 Å². The number of methoxy groups -OCH3 is 1. The standard InChI is InChI=1S/C23H23FN4O5S/c1-31-8-9-32-21-14-20-17(12-18(21)24)23(26-25-20)22-13-19(27-33-22)15-2-4-16(5-3-15)28-6-10-34(29,30)11-7-28/h2-5,12-14H,6-11H2,1H3,(H,25,26). The summed E-state index contributed by atoms with van der Waals surface area (Å²) in [5, 5.41) is 11.9. The van der Waals surface area contributed by atoms with E-state index in [4.69, 9.17) is 14.0 Å². The summed E-state index contributed by atoms with van der Waals surface area (Å²) in [5.74, 6) is 0.344. The predicted molar refractivity (Wildman–Crippen MR) is 125 cm³/mol. The highest BCUT2D eigenvalue weighted by Gasteiger charge is 2.22. The van der Waals surface area contributed by atoms with Crippen LogP contribution in [0.15, 0.2) is 47.0 Å². The van der Waals surface area contributed by atoms with Gasteiger partial charge in [-0.25, -0.2) is 12.8 Å². The van der Waals surface area contributed by atoms with Crippen molar-refractivity contribution in [1.29, 1.82) is 0 Å². The minimum Gasteiger partial charge on any atom is -0.488 e. The number of hydrogen-bond acceptors (Lipinski definition) is 8. The molecule has 2 aromatic heterocycles. The number of halogens is 1. The maximum Gasteiger partial charge on any atom is 0.188 e. The van der Waals surface area contributed by atoms with Gasteiger partial charge in [0.1, 0.15) is 18.0 Å². The van der Waals surface area contributed by atoms with Crippen molar-refractivity contribution in [2.24, 2.45) is 0 Å². The molecule has 0 radical (unpaired) electrons. The third-order valence-electron chi connectivity index (χ3n) is 5.78. The fourth-order valence-corrected chi connectivity index (χ4v) is 5.09. The number of H-pyrrole nitrogens is 1. The molecule has 1 N–H and O–H groups in total. The highest BCUT2D eigenvalue weighted by molar-refractivity contribution is 7.91. The second-order valence-electron chi connectivity index (χ2n) is 8.00. The number of sulfone groups is 1. The summed E-state index contributed by atoms with van der Waals surface area (Å²) in [7, 11) is -1.38. The molecule has 2 aromatic carbocycles. The van der Waals surface area contributed by atoms with Crippen molar-refractivity contribution in [2.75, 3.05) is 49.8 Å². The molecule has 4 aromatic rings. The number of aromatic nitrogens is 3. The zero-order chi connectivity index (χ0) is 23.7. The van der Waals surface area contributed by atoms with Gasteiger partial charge in [-0.15, -0.1) is 0 Å².